The van der Waals surface area contributed by atoms with Crippen LogP contribution in [0.25, 0.3) is 0 Å². The summed E-state index contributed by atoms with van der Waals surface area (Å²) in [5.41, 5.74) is 5.59. The molecule has 1 aromatic rings. The molecule has 0 aliphatic carbocycles. The highest BCUT2D eigenvalue weighted by Crippen LogP contribution is 2.27. The van der Waals surface area contributed by atoms with Crippen molar-refractivity contribution in [2.75, 3.05) is 13.2 Å². The molecule has 1 amide bonds. The van der Waals surface area contributed by atoms with E-state index in [2.05, 4.69) is 37.6 Å². The summed E-state index contributed by atoms with van der Waals surface area (Å²) in [5.74, 6) is 2.12. The van der Waals surface area contributed by atoms with Crippen LogP contribution < -0.4 is 15.5 Å². The fraction of sp³-hybridized carbons (Fsp3) is 0.550. The third-order valence-corrected chi connectivity index (χ3v) is 5.27. The Bertz CT molecular complexity index is 731. The standard InChI is InChI=1S/C20H27N3O3/c1-12(2)17-6-7-23-19(26-17)10-16(22-23)20(24)21-15-9-14-8-13(3)4-5-18(14)25-11-15/h4-5,8,10,12,15-17,22H,6-7,9,11H2,1-3H3,(H,21,24). The number of nitrogens with one attached hydrogen (secondary N) is 2. The SMILES string of the molecule is Cc1ccc2c(c1)CC(NC(=O)C1C=C3OC(C(C)C)CCN3N1)CO2. The monoisotopic (exact) mass is 357 g/mol. The van der Waals surface area contributed by atoms with E-state index < -0.39 is 6.04 Å². The number of ether oxygens (including phenoxy) is 2. The average molecular weight is 357 g/mol. The van der Waals surface area contributed by atoms with E-state index in [9.17, 15) is 4.79 Å². The number of carbonyl (C=O) groups is 1. The Labute approximate surface area is 154 Å². The Hall–Kier alpha value is -2.21. The van der Waals surface area contributed by atoms with Crippen molar-refractivity contribution in [3.05, 3.63) is 41.3 Å². The van der Waals surface area contributed by atoms with Gasteiger partial charge in [-0.15, -0.1) is 0 Å². The molecule has 0 saturated carbocycles. The van der Waals surface area contributed by atoms with Gasteiger partial charge in [-0.2, -0.15) is 0 Å². The molecular formula is C20H27N3O3. The highest BCUT2D eigenvalue weighted by molar-refractivity contribution is 5.84. The second-order valence-electron chi connectivity index (χ2n) is 7.78. The summed E-state index contributed by atoms with van der Waals surface area (Å²) >= 11 is 0. The molecule has 0 radical (unpaired) electrons. The summed E-state index contributed by atoms with van der Waals surface area (Å²) in [6.07, 6.45) is 3.85. The van der Waals surface area contributed by atoms with Gasteiger partial charge in [0, 0.05) is 19.0 Å². The van der Waals surface area contributed by atoms with Crippen molar-refractivity contribution < 1.29 is 14.3 Å². The van der Waals surface area contributed by atoms with Gasteiger partial charge in [-0.1, -0.05) is 31.5 Å². The van der Waals surface area contributed by atoms with Crippen molar-refractivity contribution in [2.45, 2.75) is 51.8 Å². The smallest absolute Gasteiger partial charge is 0.243 e. The van der Waals surface area contributed by atoms with Gasteiger partial charge >= 0.3 is 0 Å². The molecule has 3 unspecified atom stereocenters. The van der Waals surface area contributed by atoms with Crippen molar-refractivity contribution >= 4 is 5.91 Å². The van der Waals surface area contributed by atoms with E-state index in [1.807, 2.05) is 23.2 Å². The van der Waals surface area contributed by atoms with Gasteiger partial charge in [-0.05, 0) is 30.9 Å². The molecule has 4 rings (SSSR count). The maximum Gasteiger partial charge on any atom is 0.243 e. The topological polar surface area (TPSA) is 62.8 Å². The first kappa shape index (κ1) is 17.2. The minimum absolute atomic E-state index is 0.0149. The quantitative estimate of drug-likeness (QED) is 0.865. The summed E-state index contributed by atoms with van der Waals surface area (Å²) in [6, 6.07) is 5.77. The molecule has 3 heterocycles. The van der Waals surface area contributed by atoms with Gasteiger partial charge in [0.2, 0.25) is 11.8 Å². The molecule has 2 N–H and O–H groups in total. The van der Waals surface area contributed by atoms with Crippen LogP contribution in [0.5, 0.6) is 5.75 Å². The van der Waals surface area contributed by atoms with E-state index in [0.29, 0.717) is 12.5 Å². The van der Waals surface area contributed by atoms with E-state index in [0.717, 1.165) is 36.6 Å². The molecule has 0 spiro atoms. The first-order chi connectivity index (χ1) is 12.5. The lowest BCUT2D eigenvalue weighted by Crippen LogP contribution is -2.52. The van der Waals surface area contributed by atoms with Crippen molar-refractivity contribution in [1.82, 2.24) is 15.8 Å². The van der Waals surface area contributed by atoms with Gasteiger partial charge in [0.25, 0.3) is 0 Å². The second kappa shape index (κ2) is 6.83. The molecule has 1 aromatic carbocycles. The Balaban J connectivity index is 1.37. The Morgan fingerprint density at radius 1 is 1.38 bits per heavy atom. The van der Waals surface area contributed by atoms with E-state index >= 15 is 0 Å². The Morgan fingerprint density at radius 2 is 2.23 bits per heavy atom. The van der Waals surface area contributed by atoms with Gasteiger partial charge in [0.05, 0.1) is 6.04 Å². The van der Waals surface area contributed by atoms with Crippen molar-refractivity contribution in [3.8, 4) is 5.75 Å². The summed E-state index contributed by atoms with van der Waals surface area (Å²) in [5, 5.41) is 5.06. The third-order valence-electron chi connectivity index (χ3n) is 5.27. The molecule has 1 fully saturated rings. The van der Waals surface area contributed by atoms with Crippen LogP contribution in [0.15, 0.2) is 30.2 Å². The first-order valence-electron chi connectivity index (χ1n) is 9.44. The van der Waals surface area contributed by atoms with Crippen molar-refractivity contribution in [2.24, 2.45) is 5.92 Å². The molecule has 1 saturated heterocycles. The van der Waals surface area contributed by atoms with Gasteiger partial charge in [0.15, 0.2) is 0 Å². The maximum absolute atomic E-state index is 12.7. The summed E-state index contributed by atoms with van der Waals surface area (Å²) in [4.78, 5) is 12.7. The van der Waals surface area contributed by atoms with Gasteiger partial charge in [0.1, 0.15) is 24.5 Å². The summed E-state index contributed by atoms with van der Waals surface area (Å²) in [6.45, 7) is 7.75. The van der Waals surface area contributed by atoms with Gasteiger partial charge in [-0.25, -0.2) is 5.43 Å². The molecule has 3 aliphatic heterocycles. The number of nitrogens with zero attached hydrogens (tertiary/aromatic N) is 1. The van der Waals surface area contributed by atoms with Crippen LogP contribution in [-0.4, -0.2) is 42.3 Å². The molecule has 3 atom stereocenters. The van der Waals surface area contributed by atoms with E-state index in [1.165, 1.54) is 5.56 Å². The van der Waals surface area contributed by atoms with Crippen molar-refractivity contribution in [3.63, 3.8) is 0 Å². The van der Waals surface area contributed by atoms with E-state index in [-0.39, 0.29) is 18.1 Å². The molecular weight excluding hydrogens is 330 g/mol. The lowest BCUT2D eigenvalue weighted by atomic mass is 10.0. The number of hydrogen-bond acceptors (Lipinski definition) is 5. The molecule has 26 heavy (non-hydrogen) atoms. The lowest BCUT2D eigenvalue weighted by molar-refractivity contribution is -0.124. The number of rotatable bonds is 3. The first-order valence-corrected chi connectivity index (χ1v) is 9.44. The number of amides is 1. The van der Waals surface area contributed by atoms with E-state index in [4.69, 9.17) is 9.47 Å². The number of aryl methyl sites for hydroxylation is 1. The number of fused-ring (bicyclic) bond motifs is 2. The zero-order chi connectivity index (χ0) is 18.3. The minimum Gasteiger partial charge on any atom is -0.491 e. The van der Waals surface area contributed by atoms with Crippen LogP contribution in [0.4, 0.5) is 0 Å². The lowest BCUT2D eigenvalue weighted by Gasteiger charge is -2.34. The number of hydrogen-bond donors (Lipinski definition) is 2. The van der Waals surface area contributed by atoms with Crippen LogP contribution in [0.2, 0.25) is 0 Å². The highest BCUT2D eigenvalue weighted by Gasteiger charge is 2.35. The number of hydrazine groups is 1. The molecule has 140 valence electrons. The predicted molar refractivity (Wildman–Crippen MR) is 98.3 cm³/mol. The molecule has 3 aliphatic rings. The summed E-state index contributed by atoms with van der Waals surface area (Å²) < 4.78 is 11.8. The maximum atomic E-state index is 12.7. The van der Waals surface area contributed by atoms with E-state index in [1.54, 1.807) is 0 Å². The largest absolute Gasteiger partial charge is 0.491 e. The zero-order valence-electron chi connectivity index (χ0n) is 15.6. The average Bonchev–Trinajstić information content (AvgIpc) is 3.04. The second-order valence-corrected chi connectivity index (χ2v) is 7.78. The van der Waals surface area contributed by atoms with Crippen LogP contribution in [0, 0.1) is 12.8 Å². The fourth-order valence-corrected chi connectivity index (χ4v) is 3.76. The van der Waals surface area contributed by atoms with Crippen LogP contribution >= 0.6 is 0 Å². The van der Waals surface area contributed by atoms with Crippen LogP contribution in [0.3, 0.4) is 0 Å². The molecule has 0 bridgehead atoms. The van der Waals surface area contributed by atoms with Crippen molar-refractivity contribution in [1.29, 1.82) is 0 Å². The Kier molecular flexibility index (Phi) is 4.53. The normalized spacial score (nSPS) is 27.2. The highest BCUT2D eigenvalue weighted by atomic mass is 16.5. The fourth-order valence-electron chi connectivity index (χ4n) is 3.76. The number of carbonyl (C=O) groups excluding carboxylic acids is 1. The Morgan fingerprint density at radius 3 is 3.04 bits per heavy atom. The zero-order valence-corrected chi connectivity index (χ0v) is 15.6. The third kappa shape index (κ3) is 3.38. The van der Waals surface area contributed by atoms with Gasteiger partial charge in [-0.3, -0.25) is 9.80 Å². The predicted octanol–water partition coefficient (Wildman–Crippen LogP) is 1.89. The molecule has 6 nitrogen and oxygen atoms in total. The molecule has 0 aromatic heterocycles. The van der Waals surface area contributed by atoms with Gasteiger partial charge < -0.3 is 14.8 Å². The molecule has 6 heteroatoms. The number of benzene rings is 1. The van der Waals surface area contributed by atoms with Crippen LogP contribution in [-0.2, 0) is 16.0 Å². The summed E-state index contributed by atoms with van der Waals surface area (Å²) in [7, 11) is 0. The van der Waals surface area contributed by atoms with Crippen LogP contribution in [0.1, 0.15) is 31.4 Å². The minimum atomic E-state index is -0.394.